The van der Waals surface area contributed by atoms with E-state index in [4.69, 9.17) is 10.2 Å². The van der Waals surface area contributed by atoms with Crippen LogP contribution in [0.4, 0.5) is 0 Å². The fourth-order valence-electron chi connectivity index (χ4n) is 1.30. The Morgan fingerprint density at radius 2 is 1.43 bits per heavy atom. The fourth-order valence-corrected chi connectivity index (χ4v) is 1.30. The monoisotopic (exact) mass is 298 g/mol. The zero-order chi connectivity index (χ0) is 16.1. The summed E-state index contributed by atoms with van der Waals surface area (Å²) in [4.78, 5) is 42.8. The molecule has 2 N–H and O–H groups in total. The van der Waals surface area contributed by atoms with Crippen LogP contribution >= 0.6 is 0 Å². The number of carbonyl (C=O) groups is 4. The van der Waals surface area contributed by atoms with Crippen LogP contribution in [0.25, 0.3) is 0 Å². The van der Waals surface area contributed by atoms with Crippen molar-refractivity contribution in [3.63, 3.8) is 0 Å². The Hall–Kier alpha value is -2.44. The predicted molar refractivity (Wildman–Crippen MR) is 72.4 cm³/mol. The average molecular weight is 298 g/mol. The topological polar surface area (TPSA) is 118 Å². The van der Waals surface area contributed by atoms with Crippen molar-refractivity contribution in [2.45, 2.75) is 38.5 Å². The van der Waals surface area contributed by atoms with Crippen LogP contribution < -0.4 is 0 Å². The third-order valence-electron chi connectivity index (χ3n) is 2.24. The molecule has 0 aliphatic carbocycles. The van der Waals surface area contributed by atoms with Crippen molar-refractivity contribution in [2.24, 2.45) is 0 Å². The van der Waals surface area contributed by atoms with Gasteiger partial charge in [-0.05, 0) is 25.7 Å². The molecule has 0 spiro atoms. The van der Waals surface area contributed by atoms with Crippen LogP contribution in [-0.2, 0) is 23.9 Å². The second-order valence-corrected chi connectivity index (χ2v) is 4.11. The minimum Gasteiger partial charge on any atom is -0.481 e. The van der Waals surface area contributed by atoms with E-state index in [1.165, 1.54) is 12.2 Å². The molecule has 0 aliphatic heterocycles. The van der Waals surface area contributed by atoms with E-state index in [-0.39, 0.29) is 12.8 Å². The lowest BCUT2D eigenvalue weighted by atomic mass is 10.2. The van der Waals surface area contributed by atoms with Gasteiger partial charge in [0.15, 0.2) is 0 Å². The highest BCUT2D eigenvalue weighted by atomic mass is 16.6. The van der Waals surface area contributed by atoms with Crippen molar-refractivity contribution in [1.29, 1.82) is 0 Å². The van der Waals surface area contributed by atoms with Crippen LogP contribution in [0.2, 0.25) is 0 Å². The van der Waals surface area contributed by atoms with Gasteiger partial charge in [-0.2, -0.15) is 0 Å². The quantitative estimate of drug-likeness (QED) is 0.272. The predicted octanol–water partition coefficient (Wildman–Crippen LogP) is 1.68. The minimum atomic E-state index is -1.05. The molecule has 0 unspecified atom stereocenters. The molecule has 0 saturated carbocycles. The summed E-state index contributed by atoms with van der Waals surface area (Å²) < 4.78 is 4.48. The van der Waals surface area contributed by atoms with Gasteiger partial charge in [-0.1, -0.05) is 12.2 Å². The van der Waals surface area contributed by atoms with Gasteiger partial charge in [-0.15, -0.1) is 0 Å². The van der Waals surface area contributed by atoms with Crippen molar-refractivity contribution in [3.8, 4) is 0 Å². The van der Waals surface area contributed by atoms with Crippen molar-refractivity contribution in [2.75, 3.05) is 0 Å². The molecule has 0 saturated heterocycles. The van der Waals surface area contributed by atoms with E-state index in [1.807, 2.05) is 0 Å². The number of ether oxygens (including phenoxy) is 1. The second-order valence-electron chi connectivity index (χ2n) is 4.11. The summed E-state index contributed by atoms with van der Waals surface area (Å²) in [5, 5.41) is 16.7. The summed E-state index contributed by atoms with van der Waals surface area (Å²) in [5.74, 6) is -3.44. The van der Waals surface area contributed by atoms with Gasteiger partial charge in [-0.25, -0.2) is 9.59 Å². The molecule has 0 atom stereocenters. The lowest BCUT2D eigenvalue weighted by Crippen LogP contribution is -2.09. The third kappa shape index (κ3) is 13.8. The van der Waals surface area contributed by atoms with Gasteiger partial charge in [0, 0.05) is 25.0 Å². The first-order chi connectivity index (χ1) is 9.91. The van der Waals surface area contributed by atoms with Crippen molar-refractivity contribution < 1.29 is 34.1 Å². The maximum absolute atomic E-state index is 11.2. The average Bonchev–Trinajstić information content (AvgIpc) is 2.37. The Kier molecular flexibility index (Phi) is 10.1. The molecule has 21 heavy (non-hydrogen) atoms. The minimum absolute atomic E-state index is 0.0161. The van der Waals surface area contributed by atoms with Crippen LogP contribution in [0.15, 0.2) is 24.3 Å². The number of carbonyl (C=O) groups excluding carboxylic acids is 2. The number of allylic oxidation sites excluding steroid dienone is 2. The standard InChI is InChI=1S/C14H18O7/c15-11(16)7-3-1-5-9-13(19)21-14(20)10-6-2-4-8-12(17)18/h3,6-7,10H,1-2,4-5,8-9H2,(H,15,16)(H,17,18). The smallest absolute Gasteiger partial charge is 0.338 e. The van der Waals surface area contributed by atoms with Crippen LogP contribution in [0.3, 0.4) is 0 Å². The number of esters is 2. The van der Waals surface area contributed by atoms with Crippen LogP contribution in [0.1, 0.15) is 38.5 Å². The van der Waals surface area contributed by atoms with Gasteiger partial charge < -0.3 is 14.9 Å². The van der Waals surface area contributed by atoms with Crippen LogP contribution in [-0.4, -0.2) is 34.1 Å². The molecule has 0 fully saturated rings. The number of aliphatic carboxylic acids is 2. The van der Waals surface area contributed by atoms with Crippen LogP contribution in [0.5, 0.6) is 0 Å². The molecule has 0 aromatic rings. The zero-order valence-electron chi connectivity index (χ0n) is 11.5. The second kappa shape index (κ2) is 11.4. The Bertz CT molecular complexity index is 435. The summed E-state index contributed by atoms with van der Waals surface area (Å²) in [7, 11) is 0. The zero-order valence-corrected chi connectivity index (χ0v) is 11.5. The van der Waals surface area contributed by atoms with Crippen molar-refractivity contribution in [3.05, 3.63) is 24.3 Å². The van der Waals surface area contributed by atoms with Gasteiger partial charge in [0.25, 0.3) is 0 Å². The Morgan fingerprint density at radius 3 is 2.00 bits per heavy atom. The lowest BCUT2D eigenvalue weighted by molar-refractivity contribution is -0.156. The molecule has 0 aliphatic rings. The van der Waals surface area contributed by atoms with E-state index in [2.05, 4.69) is 4.74 Å². The van der Waals surface area contributed by atoms with Gasteiger partial charge in [0.1, 0.15) is 0 Å². The van der Waals surface area contributed by atoms with Gasteiger partial charge in [0.2, 0.25) is 0 Å². The molecule has 0 bridgehead atoms. The highest BCUT2D eigenvalue weighted by Gasteiger charge is 2.06. The summed E-state index contributed by atoms with van der Waals surface area (Å²) in [6, 6.07) is 0. The van der Waals surface area contributed by atoms with Gasteiger partial charge in [0.05, 0.1) is 0 Å². The van der Waals surface area contributed by atoms with E-state index >= 15 is 0 Å². The molecule has 0 radical (unpaired) electrons. The van der Waals surface area contributed by atoms with E-state index in [9.17, 15) is 19.2 Å². The fraction of sp³-hybridized carbons (Fsp3) is 0.429. The molecule has 0 aromatic carbocycles. The molecule has 7 nitrogen and oxygen atoms in total. The first-order valence-corrected chi connectivity index (χ1v) is 6.44. The first kappa shape index (κ1) is 18.6. The van der Waals surface area contributed by atoms with Crippen molar-refractivity contribution in [1.82, 2.24) is 0 Å². The van der Waals surface area contributed by atoms with Crippen LogP contribution in [0, 0.1) is 0 Å². The van der Waals surface area contributed by atoms with Crippen molar-refractivity contribution >= 4 is 23.9 Å². The highest BCUT2D eigenvalue weighted by molar-refractivity contribution is 5.91. The molecule has 116 valence electrons. The number of hydrogen-bond donors (Lipinski definition) is 2. The van der Waals surface area contributed by atoms with E-state index in [0.29, 0.717) is 25.7 Å². The molecule has 0 aromatic heterocycles. The Morgan fingerprint density at radius 1 is 0.857 bits per heavy atom. The normalized spacial score (nSPS) is 10.9. The highest BCUT2D eigenvalue weighted by Crippen LogP contribution is 2.01. The molecule has 0 heterocycles. The summed E-state index contributed by atoms with van der Waals surface area (Å²) in [6.07, 6.45) is 6.58. The molecule has 0 rings (SSSR count). The lowest BCUT2D eigenvalue weighted by Gasteiger charge is -1.98. The number of hydrogen-bond acceptors (Lipinski definition) is 5. The van der Waals surface area contributed by atoms with E-state index in [0.717, 1.165) is 12.2 Å². The third-order valence-corrected chi connectivity index (χ3v) is 2.24. The summed E-state index contributed by atoms with van der Waals surface area (Å²) >= 11 is 0. The van der Waals surface area contributed by atoms with E-state index < -0.39 is 23.9 Å². The SMILES string of the molecule is O=C(O)C=CCCCC(=O)OC(=O)C=CCCCC(=O)O. The number of rotatable bonds is 10. The first-order valence-electron chi connectivity index (χ1n) is 6.44. The Balaban J connectivity index is 3.74. The molecular formula is C14H18O7. The maximum Gasteiger partial charge on any atom is 0.338 e. The molecular weight excluding hydrogens is 280 g/mol. The summed E-state index contributed by atoms with van der Waals surface area (Å²) in [5.41, 5.74) is 0. The number of carboxylic acid groups (broad SMARTS) is 2. The van der Waals surface area contributed by atoms with Gasteiger partial charge in [-0.3, -0.25) is 9.59 Å². The number of unbranched alkanes of at least 4 members (excludes halogenated alkanes) is 2. The van der Waals surface area contributed by atoms with E-state index in [1.54, 1.807) is 0 Å². The maximum atomic E-state index is 11.2. The largest absolute Gasteiger partial charge is 0.481 e. The number of carboxylic acids is 2. The molecule has 7 heteroatoms. The molecule has 0 amide bonds. The summed E-state index contributed by atoms with van der Waals surface area (Å²) in [6.45, 7) is 0. The van der Waals surface area contributed by atoms with Gasteiger partial charge >= 0.3 is 23.9 Å². The Labute approximate surface area is 121 Å².